The van der Waals surface area contributed by atoms with E-state index in [4.69, 9.17) is 9.52 Å². The first-order chi connectivity index (χ1) is 9.29. The van der Waals surface area contributed by atoms with Crippen LogP contribution in [0.2, 0.25) is 0 Å². The topological polar surface area (TPSA) is 84.6 Å². The molecule has 1 aromatic carbocycles. The number of benzene rings is 1. The molecule has 1 heterocycles. The molecule has 20 heavy (non-hydrogen) atoms. The molecular weight excluding hydrogens is 348 g/mol. The number of carboxylic acid groups (broad SMARTS) is 1. The van der Waals surface area contributed by atoms with Gasteiger partial charge < -0.3 is 9.52 Å². The summed E-state index contributed by atoms with van der Waals surface area (Å²) in [5.74, 6) is -1.78. The Balaban J connectivity index is 2.30. The SMILES string of the molecule is Cc1cc(S(=O)(=O)Cc2ccc(C(=O)O)o2)ccc1Br. The Bertz CT molecular complexity index is 761. The number of hydrogen-bond acceptors (Lipinski definition) is 4. The van der Waals surface area contributed by atoms with Gasteiger partial charge in [0.2, 0.25) is 5.76 Å². The van der Waals surface area contributed by atoms with Crippen LogP contribution in [-0.2, 0) is 15.6 Å². The molecule has 0 aliphatic heterocycles. The number of sulfone groups is 1. The Hall–Kier alpha value is -1.60. The molecular formula is C13H11BrO5S. The summed E-state index contributed by atoms with van der Waals surface area (Å²) in [5, 5.41) is 8.73. The van der Waals surface area contributed by atoms with Gasteiger partial charge in [0, 0.05) is 4.47 Å². The molecule has 0 aliphatic carbocycles. The van der Waals surface area contributed by atoms with Crippen molar-refractivity contribution in [3.8, 4) is 0 Å². The van der Waals surface area contributed by atoms with E-state index >= 15 is 0 Å². The Morgan fingerprint density at radius 1 is 1.30 bits per heavy atom. The van der Waals surface area contributed by atoms with Crippen molar-refractivity contribution in [2.45, 2.75) is 17.6 Å². The zero-order valence-corrected chi connectivity index (χ0v) is 12.9. The van der Waals surface area contributed by atoms with Gasteiger partial charge in [-0.05, 0) is 42.8 Å². The van der Waals surface area contributed by atoms with E-state index in [0.717, 1.165) is 10.0 Å². The second-order valence-electron chi connectivity index (χ2n) is 4.24. The fraction of sp³-hybridized carbons (Fsp3) is 0.154. The number of aryl methyl sites for hydroxylation is 1. The van der Waals surface area contributed by atoms with Crippen LogP contribution >= 0.6 is 15.9 Å². The maximum absolute atomic E-state index is 12.2. The average molecular weight is 359 g/mol. The largest absolute Gasteiger partial charge is 0.475 e. The molecule has 0 spiro atoms. The van der Waals surface area contributed by atoms with Crippen molar-refractivity contribution in [2.75, 3.05) is 0 Å². The Kier molecular flexibility index (Phi) is 4.01. The quantitative estimate of drug-likeness (QED) is 0.907. The third-order valence-electron chi connectivity index (χ3n) is 2.69. The predicted molar refractivity (Wildman–Crippen MR) is 75.4 cm³/mol. The fourth-order valence-corrected chi connectivity index (χ4v) is 3.23. The summed E-state index contributed by atoms with van der Waals surface area (Å²) in [7, 11) is -3.57. The van der Waals surface area contributed by atoms with Crippen molar-refractivity contribution >= 4 is 31.7 Å². The van der Waals surface area contributed by atoms with Crippen molar-refractivity contribution in [1.29, 1.82) is 0 Å². The highest BCUT2D eigenvalue weighted by molar-refractivity contribution is 9.10. The van der Waals surface area contributed by atoms with Gasteiger partial charge in [0.05, 0.1) is 4.90 Å². The van der Waals surface area contributed by atoms with E-state index in [-0.39, 0.29) is 22.2 Å². The maximum atomic E-state index is 12.2. The standard InChI is InChI=1S/C13H11BrO5S/c1-8-6-10(3-4-11(8)14)20(17,18)7-9-2-5-12(19-9)13(15)16/h2-6H,7H2,1H3,(H,15,16). The summed E-state index contributed by atoms with van der Waals surface area (Å²) in [6.07, 6.45) is 0. The van der Waals surface area contributed by atoms with Gasteiger partial charge in [0.1, 0.15) is 11.5 Å². The molecule has 2 rings (SSSR count). The molecule has 0 saturated heterocycles. The van der Waals surface area contributed by atoms with Crippen LogP contribution in [0.25, 0.3) is 0 Å². The summed E-state index contributed by atoms with van der Waals surface area (Å²) in [4.78, 5) is 10.9. The van der Waals surface area contributed by atoms with Crippen molar-refractivity contribution in [2.24, 2.45) is 0 Å². The zero-order chi connectivity index (χ0) is 14.9. The van der Waals surface area contributed by atoms with Gasteiger partial charge >= 0.3 is 5.97 Å². The minimum Gasteiger partial charge on any atom is -0.475 e. The highest BCUT2D eigenvalue weighted by atomic mass is 79.9. The number of furan rings is 1. The highest BCUT2D eigenvalue weighted by Gasteiger charge is 2.19. The first-order valence-electron chi connectivity index (χ1n) is 5.60. The van der Waals surface area contributed by atoms with Crippen LogP contribution in [0.1, 0.15) is 21.9 Å². The summed E-state index contributed by atoms with van der Waals surface area (Å²) in [6.45, 7) is 1.79. The lowest BCUT2D eigenvalue weighted by atomic mass is 10.2. The molecule has 5 nitrogen and oxygen atoms in total. The second-order valence-corrected chi connectivity index (χ2v) is 7.09. The van der Waals surface area contributed by atoms with Crippen LogP contribution in [0, 0.1) is 6.92 Å². The molecule has 0 bridgehead atoms. The second kappa shape index (κ2) is 5.41. The summed E-state index contributed by atoms with van der Waals surface area (Å²) in [6, 6.07) is 7.30. The van der Waals surface area contributed by atoms with Crippen LogP contribution in [0.4, 0.5) is 0 Å². The third kappa shape index (κ3) is 3.10. The minimum atomic E-state index is -3.57. The van der Waals surface area contributed by atoms with Crippen molar-refractivity contribution < 1.29 is 22.7 Å². The Morgan fingerprint density at radius 3 is 2.55 bits per heavy atom. The summed E-state index contributed by atoms with van der Waals surface area (Å²) < 4.78 is 30.2. The van der Waals surface area contributed by atoms with Crippen LogP contribution in [0.15, 0.2) is 44.1 Å². The monoisotopic (exact) mass is 358 g/mol. The minimum absolute atomic E-state index is 0.1000. The Morgan fingerprint density at radius 2 is 2.00 bits per heavy atom. The number of carboxylic acids is 1. The third-order valence-corrected chi connectivity index (χ3v) is 5.22. The lowest BCUT2D eigenvalue weighted by molar-refractivity contribution is 0.0660. The van der Waals surface area contributed by atoms with E-state index in [9.17, 15) is 13.2 Å². The smallest absolute Gasteiger partial charge is 0.371 e. The molecule has 0 amide bonds. The lowest BCUT2D eigenvalue weighted by Gasteiger charge is -2.05. The number of rotatable bonds is 4. The predicted octanol–water partition coefficient (Wildman–Crippen LogP) is 3.02. The molecule has 106 valence electrons. The molecule has 1 N–H and O–H groups in total. The van der Waals surface area contributed by atoms with E-state index in [0.29, 0.717) is 0 Å². The number of aromatic carboxylic acids is 1. The van der Waals surface area contributed by atoms with Crippen LogP contribution in [-0.4, -0.2) is 19.5 Å². The molecule has 7 heteroatoms. The van der Waals surface area contributed by atoms with E-state index in [2.05, 4.69) is 15.9 Å². The highest BCUT2D eigenvalue weighted by Crippen LogP contribution is 2.23. The Labute approximate surface area is 124 Å². The normalized spacial score (nSPS) is 11.5. The van der Waals surface area contributed by atoms with Gasteiger partial charge in [0.25, 0.3) is 0 Å². The summed E-state index contributed by atoms with van der Waals surface area (Å²) in [5.41, 5.74) is 0.803. The summed E-state index contributed by atoms with van der Waals surface area (Å²) >= 11 is 3.30. The number of halogens is 1. The zero-order valence-electron chi connectivity index (χ0n) is 10.5. The van der Waals surface area contributed by atoms with Gasteiger partial charge in [-0.2, -0.15) is 0 Å². The number of hydrogen-bond donors (Lipinski definition) is 1. The molecule has 0 radical (unpaired) electrons. The fourth-order valence-electron chi connectivity index (χ4n) is 1.65. The maximum Gasteiger partial charge on any atom is 0.371 e. The lowest BCUT2D eigenvalue weighted by Crippen LogP contribution is -2.04. The van der Waals surface area contributed by atoms with Crippen LogP contribution in [0.5, 0.6) is 0 Å². The van der Waals surface area contributed by atoms with E-state index in [1.165, 1.54) is 18.2 Å². The first kappa shape index (κ1) is 14.8. The van der Waals surface area contributed by atoms with Crippen LogP contribution in [0.3, 0.4) is 0 Å². The van der Waals surface area contributed by atoms with Gasteiger partial charge in [-0.15, -0.1) is 0 Å². The molecule has 1 aromatic heterocycles. The van der Waals surface area contributed by atoms with Gasteiger partial charge in [-0.25, -0.2) is 13.2 Å². The van der Waals surface area contributed by atoms with E-state index in [1.807, 2.05) is 0 Å². The van der Waals surface area contributed by atoms with Gasteiger partial charge in [-0.1, -0.05) is 15.9 Å². The van der Waals surface area contributed by atoms with Crippen LogP contribution < -0.4 is 0 Å². The number of carbonyl (C=O) groups is 1. The van der Waals surface area contributed by atoms with Gasteiger partial charge in [0.15, 0.2) is 9.84 Å². The van der Waals surface area contributed by atoms with Crippen molar-refractivity contribution in [3.63, 3.8) is 0 Å². The molecule has 0 atom stereocenters. The first-order valence-corrected chi connectivity index (χ1v) is 8.05. The molecule has 0 aliphatic rings. The average Bonchev–Trinajstić information content (AvgIpc) is 2.80. The van der Waals surface area contributed by atoms with E-state index in [1.54, 1.807) is 19.1 Å². The van der Waals surface area contributed by atoms with Crippen molar-refractivity contribution in [1.82, 2.24) is 0 Å². The molecule has 0 fully saturated rings. The molecule has 0 saturated carbocycles. The molecule has 2 aromatic rings. The molecule has 0 unspecified atom stereocenters. The van der Waals surface area contributed by atoms with Gasteiger partial charge in [-0.3, -0.25) is 0 Å². The van der Waals surface area contributed by atoms with Crippen molar-refractivity contribution in [3.05, 3.63) is 51.9 Å². The van der Waals surface area contributed by atoms with E-state index < -0.39 is 15.8 Å².